The Morgan fingerprint density at radius 1 is 1.15 bits per heavy atom. The van der Waals surface area contributed by atoms with Gasteiger partial charge in [-0.1, -0.05) is 11.8 Å². The molecule has 0 unspecified atom stereocenters. The van der Waals surface area contributed by atoms with Crippen LogP contribution in [0, 0.1) is 27.7 Å². The molecule has 7 nitrogen and oxygen atoms in total. The van der Waals surface area contributed by atoms with Crippen molar-refractivity contribution < 1.29 is 9.53 Å². The van der Waals surface area contributed by atoms with E-state index in [0.717, 1.165) is 41.3 Å². The van der Waals surface area contributed by atoms with E-state index in [4.69, 9.17) is 4.74 Å². The van der Waals surface area contributed by atoms with Gasteiger partial charge >= 0.3 is 0 Å². The molecule has 0 N–H and O–H groups in total. The lowest BCUT2D eigenvalue weighted by molar-refractivity contribution is 0.102. The van der Waals surface area contributed by atoms with Crippen molar-refractivity contribution in [3.63, 3.8) is 0 Å². The van der Waals surface area contributed by atoms with Gasteiger partial charge < -0.3 is 9.30 Å². The minimum absolute atomic E-state index is 0.0977. The number of carbonyl (C=O) groups is 1. The maximum Gasteiger partial charge on any atom is 0.256 e. The van der Waals surface area contributed by atoms with Crippen molar-refractivity contribution in [2.75, 3.05) is 19.5 Å². The Morgan fingerprint density at radius 2 is 1.93 bits per heavy atom. The third-order valence-corrected chi connectivity index (χ3v) is 5.53. The van der Waals surface area contributed by atoms with E-state index in [9.17, 15) is 4.79 Å². The lowest BCUT2D eigenvalue weighted by atomic mass is 10.2. The number of nitrogens with zero attached hydrogens (tertiary/aromatic N) is 5. The highest BCUT2D eigenvalue weighted by atomic mass is 32.2. The van der Waals surface area contributed by atoms with Crippen molar-refractivity contribution >= 4 is 23.3 Å². The average Bonchev–Trinajstić information content (AvgIpc) is 3.15. The molecule has 0 saturated heterocycles. The van der Waals surface area contributed by atoms with Gasteiger partial charge in [0.1, 0.15) is 0 Å². The molecule has 0 amide bonds. The summed E-state index contributed by atoms with van der Waals surface area (Å²) in [5, 5.41) is 9.01. The Bertz CT molecular complexity index is 976. The number of ether oxygens (including phenoxy) is 1. The molecular weight excluding hydrogens is 362 g/mol. The molecule has 3 aromatic rings. The third kappa shape index (κ3) is 4.06. The summed E-state index contributed by atoms with van der Waals surface area (Å²) in [7, 11) is 1.70. The fourth-order valence-corrected chi connectivity index (χ4v) is 4.17. The van der Waals surface area contributed by atoms with E-state index < -0.39 is 0 Å². The van der Waals surface area contributed by atoms with E-state index in [1.165, 1.54) is 11.8 Å². The first-order chi connectivity index (χ1) is 12.9. The monoisotopic (exact) mass is 387 g/mol. The molecule has 0 aliphatic carbocycles. The van der Waals surface area contributed by atoms with Crippen molar-refractivity contribution in [3.05, 3.63) is 40.5 Å². The van der Waals surface area contributed by atoms with Gasteiger partial charge in [-0.05, 0) is 46.2 Å². The largest absolute Gasteiger partial charge is 0.385 e. The molecule has 3 rings (SSSR count). The van der Waals surface area contributed by atoms with Crippen LogP contribution in [0.5, 0.6) is 0 Å². The number of fused-ring (bicyclic) bond motifs is 1. The first kappa shape index (κ1) is 19.6. The molecule has 0 aliphatic heterocycles. The Morgan fingerprint density at radius 3 is 2.67 bits per heavy atom. The standard InChI is InChI=1S/C19H25N5O2S/c1-12-9-14(3)24-18(20-12)21-22-19(24)27-11-17(25)16-10-13(2)23(15(16)4)7-6-8-26-5/h9-10H,6-8,11H2,1-5H3. The second kappa shape index (κ2) is 8.22. The number of methoxy groups -OCH3 is 1. The number of carbonyl (C=O) groups excluding carboxylic acids is 1. The van der Waals surface area contributed by atoms with Crippen molar-refractivity contribution in [2.45, 2.75) is 45.8 Å². The molecule has 0 spiro atoms. The summed E-state index contributed by atoms with van der Waals surface area (Å²) >= 11 is 1.40. The molecule has 3 heterocycles. The van der Waals surface area contributed by atoms with Crippen LogP contribution in [0.4, 0.5) is 0 Å². The molecule has 0 atom stereocenters. The Kier molecular flexibility index (Phi) is 5.96. The average molecular weight is 388 g/mol. The third-order valence-electron chi connectivity index (χ3n) is 4.60. The maximum absolute atomic E-state index is 12.8. The van der Waals surface area contributed by atoms with Gasteiger partial charge in [0.05, 0.1) is 5.75 Å². The van der Waals surface area contributed by atoms with Crippen LogP contribution in [0.2, 0.25) is 0 Å². The lowest BCUT2D eigenvalue weighted by Gasteiger charge is -2.09. The van der Waals surface area contributed by atoms with Gasteiger partial charge in [0, 0.05) is 48.6 Å². The van der Waals surface area contributed by atoms with E-state index in [1.807, 2.05) is 44.2 Å². The SMILES string of the molecule is COCCCn1c(C)cc(C(=O)CSc2nnc3nc(C)cc(C)n23)c1C. The topological polar surface area (TPSA) is 74.3 Å². The zero-order chi connectivity index (χ0) is 19.6. The summed E-state index contributed by atoms with van der Waals surface area (Å²) < 4.78 is 9.19. The summed E-state index contributed by atoms with van der Waals surface area (Å²) in [6.07, 6.45) is 0.923. The zero-order valence-electron chi connectivity index (χ0n) is 16.4. The van der Waals surface area contributed by atoms with E-state index >= 15 is 0 Å². The van der Waals surface area contributed by atoms with Gasteiger partial charge in [-0.25, -0.2) is 4.98 Å². The number of Topliss-reactive ketones (excluding diaryl/α,β-unsaturated/α-hetero) is 1. The molecule has 0 saturated carbocycles. The Balaban J connectivity index is 1.74. The van der Waals surface area contributed by atoms with Gasteiger partial charge in [-0.3, -0.25) is 9.20 Å². The quantitative estimate of drug-likeness (QED) is 0.336. The number of aromatic nitrogens is 5. The lowest BCUT2D eigenvalue weighted by Crippen LogP contribution is -2.08. The summed E-state index contributed by atoms with van der Waals surface area (Å²) in [4.78, 5) is 17.2. The van der Waals surface area contributed by atoms with Crippen LogP contribution in [0.25, 0.3) is 5.78 Å². The van der Waals surface area contributed by atoms with Crippen molar-refractivity contribution in [2.24, 2.45) is 0 Å². The molecule has 3 aromatic heterocycles. The van der Waals surface area contributed by atoms with Crippen molar-refractivity contribution in [3.8, 4) is 0 Å². The van der Waals surface area contributed by atoms with Crippen LogP contribution in [-0.4, -0.2) is 49.4 Å². The van der Waals surface area contributed by atoms with Crippen LogP contribution < -0.4 is 0 Å². The Labute approximate surface area is 163 Å². The van der Waals surface area contributed by atoms with E-state index in [0.29, 0.717) is 23.3 Å². The van der Waals surface area contributed by atoms with Crippen LogP contribution in [-0.2, 0) is 11.3 Å². The highest BCUT2D eigenvalue weighted by Gasteiger charge is 2.18. The van der Waals surface area contributed by atoms with Gasteiger partial charge in [0.15, 0.2) is 10.9 Å². The molecule has 8 heteroatoms. The van der Waals surface area contributed by atoms with Crippen LogP contribution in [0.15, 0.2) is 17.3 Å². The predicted molar refractivity (Wildman–Crippen MR) is 106 cm³/mol. The number of aryl methyl sites for hydroxylation is 3. The molecule has 0 aliphatic rings. The number of hydrogen-bond acceptors (Lipinski definition) is 6. The van der Waals surface area contributed by atoms with Crippen molar-refractivity contribution in [1.29, 1.82) is 0 Å². The first-order valence-corrected chi connectivity index (χ1v) is 9.92. The molecule has 0 aromatic carbocycles. The fourth-order valence-electron chi connectivity index (χ4n) is 3.30. The van der Waals surface area contributed by atoms with Crippen LogP contribution >= 0.6 is 11.8 Å². The van der Waals surface area contributed by atoms with Gasteiger partial charge in [0.2, 0.25) is 0 Å². The van der Waals surface area contributed by atoms with Gasteiger partial charge in [-0.2, -0.15) is 0 Å². The first-order valence-electron chi connectivity index (χ1n) is 8.93. The zero-order valence-corrected chi connectivity index (χ0v) is 17.3. The summed E-state index contributed by atoms with van der Waals surface area (Å²) in [6, 6.07) is 3.96. The van der Waals surface area contributed by atoms with Crippen molar-refractivity contribution in [1.82, 2.24) is 24.1 Å². The van der Waals surface area contributed by atoms with Gasteiger partial charge in [-0.15, -0.1) is 10.2 Å². The molecule has 27 heavy (non-hydrogen) atoms. The second-order valence-electron chi connectivity index (χ2n) is 6.65. The summed E-state index contributed by atoms with van der Waals surface area (Å²) in [6.45, 7) is 9.52. The molecule has 0 radical (unpaired) electrons. The number of ketones is 1. The predicted octanol–water partition coefficient (Wildman–Crippen LogP) is 3.17. The van der Waals surface area contributed by atoms with E-state index in [-0.39, 0.29) is 5.78 Å². The minimum Gasteiger partial charge on any atom is -0.385 e. The number of thioether (sulfide) groups is 1. The minimum atomic E-state index is 0.0977. The van der Waals surface area contributed by atoms with E-state index in [2.05, 4.69) is 19.7 Å². The number of hydrogen-bond donors (Lipinski definition) is 0. The normalized spacial score (nSPS) is 11.4. The molecule has 0 bridgehead atoms. The smallest absolute Gasteiger partial charge is 0.256 e. The highest BCUT2D eigenvalue weighted by molar-refractivity contribution is 7.99. The fraction of sp³-hybridized carbons (Fsp3) is 0.474. The number of rotatable bonds is 8. The molecule has 144 valence electrons. The van der Waals surface area contributed by atoms with Crippen LogP contribution in [0.3, 0.4) is 0 Å². The summed E-state index contributed by atoms with van der Waals surface area (Å²) in [5.74, 6) is 0.982. The highest BCUT2D eigenvalue weighted by Crippen LogP contribution is 2.22. The Hall–Kier alpha value is -2.19. The maximum atomic E-state index is 12.8. The van der Waals surface area contributed by atoms with E-state index in [1.54, 1.807) is 7.11 Å². The van der Waals surface area contributed by atoms with Gasteiger partial charge in [0.25, 0.3) is 5.78 Å². The second-order valence-corrected chi connectivity index (χ2v) is 7.59. The summed E-state index contributed by atoms with van der Waals surface area (Å²) in [5.41, 5.74) is 4.79. The van der Waals surface area contributed by atoms with Crippen LogP contribution in [0.1, 0.15) is 39.6 Å². The molecule has 0 fully saturated rings. The molecular formula is C19H25N5O2S.